The number of carbonyl (C=O) groups excluding carboxylic acids is 1. The maximum absolute atomic E-state index is 12.6. The smallest absolute Gasteiger partial charge is 0.268 e. The number of amides is 1. The summed E-state index contributed by atoms with van der Waals surface area (Å²) in [4.78, 5) is 24.9. The van der Waals surface area contributed by atoms with Gasteiger partial charge in [-0.05, 0) is 32.1 Å². The second-order valence-corrected chi connectivity index (χ2v) is 14.3. The number of nitrogens with zero attached hydrogens (tertiary/aromatic N) is 1. The summed E-state index contributed by atoms with van der Waals surface area (Å²) in [5, 5.41) is 13.6. The molecule has 3 atom stereocenters. The molecule has 0 aromatic heterocycles. The van der Waals surface area contributed by atoms with E-state index in [0.717, 1.165) is 38.5 Å². The van der Waals surface area contributed by atoms with E-state index < -0.39 is 26.6 Å². The van der Waals surface area contributed by atoms with Gasteiger partial charge in [0.15, 0.2) is 0 Å². The maximum Gasteiger partial charge on any atom is 0.268 e. The number of nitrogens with one attached hydrogen (secondary N) is 1. The van der Waals surface area contributed by atoms with Crippen LogP contribution in [0, 0.1) is 0 Å². The number of phosphoric ester groups is 1. The Hall–Kier alpha value is -1.02. The molecular formula is C34H67N2O6P. The van der Waals surface area contributed by atoms with Crippen LogP contribution < -0.4 is 10.2 Å². The van der Waals surface area contributed by atoms with Crippen molar-refractivity contribution >= 4 is 13.7 Å². The molecule has 0 aromatic rings. The molecular weight excluding hydrogens is 563 g/mol. The standard InChI is InChI=1S/C34H67N2O6P/c1-6-8-10-12-14-15-16-17-18-19-20-21-22-23-25-27-33(37)32(35-34(38)28-26-24-13-11-9-7-2)31-42-43(39,40)41-30-29-36(3,4)5/h20-21,25,27,32-33,37H,6-19,22-24,26,28-31H2,1-5H3,(H-,35,38,39,40)/b21-20+,27-25+. The van der Waals surface area contributed by atoms with Gasteiger partial charge >= 0.3 is 0 Å². The number of likely N-dealkylation sites (N-methyl/N-ethyl adjacent to an activating group) is 1. The van der Waals surface area contributed by atoms with Gasteiger partial charge in [-0.1, -0.05) is 122 Å². The lowest BCUT2D eigenvalue weighted by Gasteiger charge is -2.29. The average Bonchev–Trinajstić information content (AvgIpc) is 2.94. The number of aliphatic hydroxyl groups is 1. The number of rotatable bonds is 30. The van der Waals surface area contributed by atoms with Crippen LogP contribution in [0.4, 0.5) is 0 Å². The lowest BCUT2D eigenvalue weighted by molar-refractivity contribution is -0.870. The van der Waals surface area contributed by atoms with Crippen LogP contribution in [-0.4, -0.2) is 68.5 Å². The SMILES string of the molecule is CCCCCCCCCCC/C=C/CC/C=C/C(O)C(COP(=O)([O-])OCC[N+](C)(C)C)NC(=O)CCCCCCCC. The molecule has 0 saturated heterocycles. The van der Waals surface area contributed by atoms with Crippen molar-refractivity contribution in [3.8, 4) is 0 Å². The molecule has 0 aromatic carbocycles. The molecule has 0 radical (unpaired) electrons. The van der Waals surface area contributed by atoms with Crippen LogP contribution in [0.15, 0.2) is 24.3 Å². The van der Waals surface area contributed by atoms with Gasteiger partial charge in [-0.15, -0.1) is 0 Å². The molecule has 0 rings (SSSR count). The molecule has 0 aliphatic carbocycles. The lowest BCUT2D eigenvalue weighted by Crippen LogP contribution is -2.45. The Labute approximate surface area is 264 Å². The molecule has 3 unspecified atom stereocenters. The van der Waals surface area contributed by atoms with Crippen LogP contribution in [0.2, 0.25) is 0 Å². The predicted octanol–water partition coefficient (Wildman–Crippen LogP) is 7.60. The van der Waals surface area contributed by atoms with E-state index in [1.807, 2.05) is 27.2 Å². The van der Waals surface area contributed by atoms with Gasteiger partial charge in [-0.3, -0.25) is 9.36 Å². The summed E-state index contributed by atoms with van der Waals surface area (Å²) < 4.78 is 22.9. The van der Waals surface area contributed by atoms with Crippen LogP contribution in [-0.2, 0) is 18.4 Å². The molecule has 0 bridgehead atoms. The van der Waals surface area contributed by atoms with E-state index in [0.29, 0.717) is 17.4 Å². The maximum atomic E-state index is 12.6. The fourth-order valence-electron chi connectivity index (χ4n) is 4.58. The van der Waals surface area contributed by atoms with Gasteiger partial charge in [0, 0.05) is 6.42 Å². The van der Waals surface area contributed by atoms with Crippen LogP contribution >= 0.6 is 7.82 Å². The number of phosphoric acid groups is 1. The molecule has 0 saturated carbocycles. The summed E-state index contributed by atoms with van der Waals surface area (Å²) in [6.45, 7) is 4.52. The van der Waals surface area contributed by atoms with Gasteiger partial charge in [0.1, 0.15) is 13.2 Å². The summed E-state index contributed by atoms with van der Waals surface area (Å²) in [7, 11) is 1.24. The number of carbonyl (C=O) groups is 1. The molecule has 0 aliphatic heterocycles. The molecule has 0 spiro atoms. The van der Waals surface area contributed by atoms with Gasteiger partial charge < -0.3 is 28.8 Å². The number of hydrogen-bond donors (Lipinski definition) is 2. The lowest BCUT2D eigenvalue weighted by atomic mass is 10.1. The first-order valence-electron chi connectivity index (χ1n) is 17.2. The van der Waals surface area contributed by atoms with Crippen LogP contribution in [0.5, 0.6) is 0 Å². The third kappa shape index (κ3) is 29.5. The number of hydrogen-bond acceptors (Lipinski definition) is 6. The van der Waals surface area contributed by atoms with Crippen molar-refractivity contribution in [1.29, 1.82) is 0 Å². The molecule has 0 heterocycles. The van der Waals surface area contributed by atoms with Crippen molar-refractivity contribution in [2.75, 3.05) is 40.9 Å². The van der Waals surface area contributed by atoms with Crippen molar-refractivity contribution < 1.29 is 32.9 Å². The van der Waals surface area contributed by atoms with Crippen molar-refractivity contribution in [2.45, 2.75) is 148 Å². The van der Waals surface area contributed by atoms with Crippen molar-refractivity contribution in [2.24, 2.45) is 0 Å². The van der Waals surface area contributed by atoms with E-state index in [2.05, 4.69) is 31.3 Å². The average molecular weight is 631 g/mol. The Morgan fingerprint density at radius 1 is 0.791 bits per heavy atom. The molecule has 1 amide bonds. The Bertz CT molecular complexity index is 768. The van der Waals surface area contributed by atoms with Crippen LogP contribution in [0.1, 0.15) is 136 Å². The number of allylic oxidation sites excluding steroid dienone is 3. The molecule has 254 valence electrons. The van der Waals surface area contributed by atoms with Crippen molar-refractivity contribution in [3.63, 3.8) is 0 Å². The summed E-state index contributed by atoms with van der Waals surface area (Å²) in [5.74, 6) is -0.220. The monoisotopic (exact) mass is 630 g/mol. The Morgan fingerprint density at radius 2 is 1.30 bits per heavy atom. The van der Waals surface area contributed by atoms with Crippen molar-refractivity contribution in [1.82, 2.24) is 5.32 Å². The topological polar surface area (TPSA) is 108 Å². The Balaban J connectivity index is 4.58. The number of aliphatic hydroxyl groups excluding tert-OH is 1. The van der Waals surface area contributed by atoms with E-state index in [4.69, 9.17) is 9.05 Å². The zero-order valence-electron chi connectivity index (χ0n) is 28.4. The molecule has 0 aliphatic rings. The van der Waals surface area contributed by atoms with Gasteiger partial charge in [0.25, 0.3) is 7.82 Å². The first-order chi connectivity index (χ1) is 20.5. The van der Waals surface area contributed by atoms with Crippen molar-refractivity contribution in [3.05, 3.63) is 24.3 Å². The molecule has 43 heavy (non-hydrogen) atoms. The number of quaternary nitrogens is 1. The fourth-order valence-corrected chi connectivity index (χ4v) is 5.30. The quantitative estimate of drug-likeness (QED) is 0.0366. The second-order valence-electron chi connectivity index (χ2n) is 12.9. The largest absolute Gasteiger partial charge is 0.756 e. The molecule has 9 heteroatoms. The number of unbranched alkanes of at least 4 members (excludes halogenated alkanes) is 15. The van der Waals surface area contributed by atoms with Gasteiger partial charge in [-0.25, -0.2) is 0 Å². The minimum atomic E-state index is -4.57. The van der Waals surface area contributed by atoms with Crippen LogP contribution in [0.3, 0.4) is 0 Å². The van der Waals surface area contributed by atoms with E-state index in [1.165, 1.54) is 77.0 Å². The summed E-state index contributed by atoms with van der Waals surface area (Å²) >= 11 is 0. The predicted molar refractivity (Wildman–Crippen MR) is 178 cm³/mol. The first kappa shape index (κ1) is 42.0. The van der Waals surface area contributed by atoms with E-state index >= 15 is 0 Å². The highest BCUT2D eigenvalue weighted by Gasteiger charge is 2.23. The minimum Gasteiger partial charge on any atom is -0.756 e. The Kier molecular flexibility index (Phi) is 26.7. The zero-order chi connectivity index (χ0) is 32.2. The van der Waals surface area contributed by atoms with Gasteiger partial charge in [-0.2, -0.15) is 0 Å². The zero-order valence-corrected chi connectivity index (χ0v) is 29.3. The fraction of sp³-hybridized carbons (Fsp3) is 0.853. The van der Waals surface area contributed by atoms with Gasteiger partial charge in [0.2, 0.25) is 5.91 Å². The second kappa shape index (κ2) is 27.3. The summed E-state index contributed by atoms with van der Waals surface area (Å²) in [6.07, 6.45) is 28.2. The molecule has 2 N–H and O–H groups in total. The molecule has 0 fully saturated rings. The van der Waals surface area contributed by atoms with E-state index in [1.54, 1.807) is 6.08 Å². The highest BCUT2D eigenvalue weighted by Crippen LogP contribution is 2.38. The van der Waals surface area contributed by atoms with E-state index in [9.17, 15) is 19.4 Å². The highest BCUT2D eigenvalue weighted by molar-refractivity contribution is 7.45. The summed E-state index contributed by atoms with van der Waals surface area (Å²) in [6, 6.07) is -0.893. The first-order valence-corrected chi connectivity index (χ1v) is 18.7. The normalized spacial score (nSPS) is 15.2. The third-order valence-corrected chi connectivity index (χ3v) is 8.38. The minimum absolute atomic E-state index is 0.00552. The summed E-state index contributed by atoms with van der Waals surface area (Å²) in [5.41, 5.74) is 0. The van der Waals surface area contributed by atoms with Crippen LogP contribution in [0.25, 0.3) is 0 Å². The third-order valence-electron chi connectivity index (χ3n) is 7.41. The Morgan fingerprint density at radius 3 is 1.88 bits per heavy atom. The van der Waals surface area contributed by atoms with E-state index in [-0.39, 0.29) is 12.5 Å². The van der Waals surface area contributed by atoms with Gasteiger partial charge in [0.05, 0.1) is 39.9 Å². The highest BCUT2D eigenvalue weighted by atomic mass is 31.2. The molecule has 8 nitrogen and oxygen atoms in total.